The number of hydrogen-bond acceptors (Lipinski definition) is 6. The van der Waals surface area contributed by atoms with E-state index in [0.29, 0.717) is 49.3 Å². The van der Waals surface area contributed by atoms with E-state index in [9.17, 15) is 9.59 Å². The highest BCUT2D eigenvalue weighted by Gasteiger charge is 2.62. The van der Waals surface area contributed by atoms with Gasteiger partial charge in [0.15, 0.2) is 5.60 Å². The number of carbonyl (C=O) groups is 2. The van der Waals surface area contributed by atoms with E-state index < -0.39 is 5.60 Å². The number of nitrogens with zero attached hydrogens (tertiary/aromatic N) is 5. The maximum Gasteiger partial charge on any atom is 0.411 e. The summed E-state index contributed by atoms with van der Waals surface area (Å²) in [6, 6.07) is 8.52. The smallest absolute Gasteiger partial charge is 0.411 e. The van der Waals surface area contributed by atoms with Gasteiger partial charge in [-0.2, -0.15) is 0 Å². The first-order valence-electron chi connectivity index (χ1n) is 9.80. The number of anilines is 2. The van der Waals surface area contributed by atoms with Gasteiger partial charge in [0.1, 0.15) is 11.6 Å². The van der Waals surface area contributed by atoms with E-state index >= 15 is 0 Å². The van der Waals surface area contributed by atoms with E-state index in [0.717, 1.165) is 5.82 Å². The number of urea groups is 1. The molecule has 3 fully saturated rings. The van der Waals surface area contributed by atoms with Gasteiger partial charge in [0.05, 0.1) is 29.8 Å². The number of nitrogens with one attached hydrogen (secondary N) is 1. The van der Waals surface area contributed by atoms with Crippen LogP contribution in [-0.2, 0) is 4.74 Å². The quantitative estimate of drug-likeness (QED) is 0.789. The number of rotatable bonds is 2. The van der Waals surface area contributed by atoms with Crippen molar-refractivity contribution in [3.8, 4) is 0 Å². The zero-order chi connectivity index (χ0) is 20.9. The molecule has 1 aromatic carbocycles. The molecule has 0 radical (unpaired) electrons. The van der Waals surface area contributed by atoms with E-state index in [2.05, 4.69) is 20.2 Å². The summed E-state index contributed by atoms with van der Waals surface area (Å²) in [5.41, 5.74) is -0.0757. The van der Waals surface area contributed by atoms with Crippen molar-refractivity contribution < 1.29 is 14.3 Å². The van der Waals surface area contributed by atoms with Crippen molar-refractivity contribution in [2.75, 3.05) is 42.9 Å². The number of halogens is 1. The first kappa shape index (κ1) is 18.9. The van der Waals surface area contributed by atoms with Gasteiger partial charge in [-0.05, 0) is 25.1 Å². The van der Waals surface area contributed by atoms with Crippen LogP contribution in [-0.4, -0.2) is 76.3 Å². The second kappa shape index (κ2) is 7.02. The topological polar surface area (TPSA) is 90.9 Å². The molecule has 0 aliphatic carbocycles. The Morgan fingerprint density at radius 3 is 2.83 bits per heavy atom. The highest BCUT2D eigenvalue weighted by Crippen LogP contribution is 2.41. The first-order chi connectivity index (χ1) is 14.4. The minimum Gasteiger partial charge on any atom is -0.437 e. The Morgan fingerprint density at radius 2 is 2.07 bits per heavy atom. The Balaban J connectivity index is 1.30. The fourth-order valence-electron chi connectivity index (χ4n) is 4.35. The fraction of sp³-hybridized carbons (Fsp3) is 0.400. The first-order valence-corrected chi connectivity index (χ1v) is 10.2. The van der Waals surface area contributed by atoms with E-state index in [4.69, 9.17) is 16.3 Å². The number of ether oxygens (including phenoxy) is 1. The SMILES string of the molecule is Cc1nccc(N2CC3(C2)OC(=O)N2CCN(C(=O)Nc4ccccc4Cl)CC23)n1. The van der Waals surface area contributed by atoms with Gasteiger partial charge in [0.2, 0.25) is 0 Å². The molecule has 3 aliphatic rings. The third kappa shape index (κ3) is 3.09. The van der Waals surface area contributed by atoms with Crippen LogP contribution < -0.4 is 10.2 Å². The summed E-state index contributed by atoms with van der Waals surface area (Å²) < 4.78 is 5.80. The molecule has 1 spiro atoms. The summed E-state index contributed by atoms with van der Waals surface area (Å²) in [7, 11) is 0. The van der Waals surface area contributed by atoms with Crippen LogP contribution in [0, 0.1) is 6.92 Å². The zero-order valence-electron chi connectivity index (χ0n) is 16.4. The molecule has 1 unspecified atom stereocenters. The van der Waals surface area contributed by atoms with Gasteiger partial charge in [0.25, 0.3) is 0 Å². The predicted octanol–water partition coefficient (Wildman–Crippen LogP) is 2.37. The average molecular weight is 429 g/mol. The fourth-order valence-corrected chi connectivity index (χ4v) is 4.53. The second-order valence-electron chi connectivity index (χ2n) is 7.82. The number of para-hydroxylation sites is 1. The molecule has 156 valence electrons. The average Bonchev–Trinajstić information content (AvgIpc) is 3.01. The van der Waals surface area contributed by atoms with Crippen LogP contribution in [0.25, 0.3) is 0 Å². The molecular weight excluding hydrogens is 408 g/mol. The third-order valence-corrected chi connectivity index (χ3v) is 6.25. The number of hydrogen-bond donors (Lipinski definition) is 1. The lowest BCUT2D eigenvalue weighted by Gasteiger charge is -2.51. The summed E-state index contributed by atoms with van der Waals surface area (Å²) in [6.07, 6.45) is 1.40. The van der Waals surface area contributed by atoms with E-state index in [1.165, 1.54) is 0 Å². The minimum absolute atomic E-state index is 0.199. The van der Waals surface area contributed by atoms with Gasteiger partial charge in [-0.15, -0.1) is 0 Å². The normalized spacial score (nSPS) is 21.9. The van der Waals surface area contributed by atoms with Crippen molar-refractivity contribution in [3.05, 3.63) is 47.4 Å². The monoisotopic (exact) mass is 428 g/mol. The van der Waals surface area contributed by atoms with Crippen LogP contribution in [0.2, 0.25) is 5.02 Å². The Labute approximate surface area is 178 Å². The molecule has 4 heterocycles. The summed E-state index contributed by atoms with van der Waals surface area (Å²) in [5.74, 6) is 1.50. The Kier molecular flexibility index (Phi) is 4.43. The molecule has 3 aliphatic heterocycles. The van der Waals surface area contributed by atoms with Crippen molar-refractivity contribution in [2.24, 2.45) is 0 Å². The summed E-state index contributed by atoms with van der Waals surface area (Å²) in [6.45, 7) is 4.19. The van der Waals surface area contributed by atoms with Gasteiger partial charge in [-0.1, -0.05) is 23.7 Å². The molecule has 3 saturated heterocycles. The van der Waals surface area contributed by atoms with Crippen LogP contribution in [0.5, 0.6) is 0 Å². The highest BCUT2D eigenvalue weighted by atomic mass is 35.5. The Bertz CT molecular complexity index is 1010. The van der Waals surface area contributed by atoms with E-state index in [1.807, 2.05) is 25.1 Å². The van der Waals surface area contributed by atoms with Gasteiger partial charge < -0.3 is 19.9 Å². The van der Waals surface area contributed by atoms with Gasteiger partial charge in [-0.3, -0.25) is 4.90 Å². The molecule has 1 N–H and O–H groups in total. The molecular formula is C20H21ClN6O3. The molecule has 3 amide bonds. The number of amides is 3. The molecule has 0 saturated carbocycles. The number of piperazine rings is 1. The zero-order valence-corrected chi connectivity index (χ0v) is 17.2. The van der Waals surface area contributed by atoms with Crippen LogP contribution >= 0.6 is 11.6 Å². The second-order valence-corrected chi connectivity index (χ2v) is 8.22. The standard InChI is InChI=1S/C20H21ClN6O3/c1-13-22-7-6-17(23-13)26-11-20(12-26)16-10-25(8-9-27(16)19(29)30-20)18(28)24-15-5-3-2-4-14(15)21/h2-7,16H,8-12H2,1H3,(H,24,28). The molecule has 2 aromatic rings. The van der Waals surface area contributed by atoms with Crippen molar-refractivity contribution in [1.29, 1.82) is 0 Å². The van der Waals surface area contributed by atoms with E-state index in [1.54, 1.807) is 28.1 Å². The highest BCUT2D eigenvalue weighted by molar-refractivity contribution is 6.33. The van der Waals surface area contributed by atoms with Crippen LogP contribution in [0.1, 0.15) is 5.82 Å². The number of aromatic nitrogens is 2. The van der Waals surface area contributed by atoms with Crippen LogP contribution in [0.4, 0.5) is 21.1 Å². The minimum atomic E-state index is -0.640. The molecule has 1 atom stereocenters. The lowest BCUT2D eigenvalue weighted by Crippen LogP contribution is -2.71. The Morgan fingerprint density at radius 1 is 1.27 bits per heavy atom. The molecule has 9 nitrogen and oxygen atoms in total. The van der Waals surface area contributed by atoms with Crippen molar-refractivity contribution in [3.63, 3.8) is 0 Å². The predicted molar refractivity (Wildman–Crippen MR) is 111 cm³/mol. The van der Waals surface area contributed by atoms with Crippen LogP contribution in [0.3, 0.4) is 0 Å². The molecule has 10 heteroatoms. The maximum atomic E-state index is 12.8. The summed E-state index contributed by atoms with van der Waals surface area (Å²) >= 11 is 6.16. The van der Waals surface area contributed by atoms with Crippen molar-refractivity contribution in [2.45, 2.75) is 18.6 Å². The Hall–Kier alpha value is -3.07. The molecule has 0 bridgehead atoms. The van der Waals surface area contributed by atoms with Gasteiger partial charge >= 0.3 is 12.1 Å². The van der Waals surface area contributed by atoms with Crippen LogP contribution in [0.15, 0.2) is 36.5 Å². The summed E-state index contributed by atoms with van der Waals surface area (Å²) in [4.78, 5) is 39.4. The number of fused-ring (bicyclic) bond motifs is 2. The molecule has 30 heavy (non-hydrogen) atoms. The number of aryl methyl sites for hydroxylation is 1. The lowest BCUT2D eigenvalue weighted by molar-refractivity contribution is -0.00308. The number of carbonyl (C=O) groups excluding carboxylic acids is 2. The van der Waals surface area contributed by atoms with E-state index in [-0.39, 0.29) is 18.2 Å². The lowest BCUT2D eigenvalue weighted by atomic mass is 9.84. The molecule has 1 aromatic heterocycles. The number of benzene rings is 1. The largest absolute Gasteiger partial charge is 0.437 e. The van der Waals surface area contributed by atoms with Gasteiger partial charge in [0, 0.05) is 25.8 Å². The molecule has 5 rings (SSSR count). The maximum absolute atomic E-state index is 12.8. The van der Waals surface area contributed by atoms with Crippen molar-refractivity contribution in [1.82, 2.24) is 19.8 Å². The van der Waals surface area contributed by atoms with Crippen molar-refractivity contribution >= 4 is 35.2 Å². The summed E-state index contributed by atoms with van der Waals surface area (Å²) in [5, 5.41) is 3.34. The third-order valence-electron chi connectivity index (χ3n) is 5.92. The van der Waals surface area contributed by atoms with Gasteiger partial charge in [-0.25, -0.2) is 19.6 Å².